The number of fused-ring (bicyclic) bond motifs is 1. The van der Waals surface area contributed by atoms with Crippen molar-refractivity contribution in [2.24, 2.45) is 0 Å². The Kier molecular flexibility index (Phi) is 3.28. The number of H-pyrrole nitrogens is 1. The van der Waals surface area contributed by atoms with Gasteiger partial charge in [-0.1, -0.05) is 12.1 Å². The van der Waals surface area contributed by atoms with E-state index in [1.807, 2.05) is 18.2 Å². The van der Waals surface area contributed by atoms with Crippen molar-refractivity contribution >= 4 is 33.8 Å². The maximum absolute atomic E-state index is 4.98. The Morgan fingerprint density at radius 1 is 1.36 bits per heavy atom. The van der Waals surface area contributed by atoms with Gasteiger partial charge < -0.3 is 6.41 Å². The third-order valence-electron chi connectivity index (χ3n) is 1.33. The predicted molar refractivity (Wildman–Crippen MR) is 48.1 cm³/mol. The van der Waals surface area contributed by atoms with Gasteiger partial charge in [-0.15, -0.1) is 11.3 Å². The van der Waals surface area contributed by atoms with Crippen LogP contribution in [-0.2, 0) is 0 Å². The molecule has 0 spiro atoms. The van der Waals surface area contributed by atoms with Crippen LogP contribution in [0.5, 0.6) is 0 Å². The molecule has 2 aromatic rings. The number of benzene rings is 1. The van der Waals surface area contributed by atoms with Gasteiger partial charge in [-0.05, 0) is 24.4 Å². The summed E-state index contributed by atoms with van der Waals surface area (Å²) < 4.78 is 2.08. The average Bonchev–Trinajstić information content (AvgIpc) is 2.27. The Hall–Kier alpha value is 0.330. The molecule has 11 heavy (non-hydrogen) atoms. The largest absolute Gasteiger partial charge is 1.00 e. The topological polar surface area (TPSA) is 15.8 Å². The average molecular weight is 191 g/mol. The molecule has 0 aliphatic rings. The molecule has 1 nitrogen and oxygen atoms in total. The predicted octanol–water partition coefficient (Wildman–Crippen LogP) is 0.0754. The molecule has 0 bridgehead atoms. The van der Waals surface area contributed by atoms with E-state index < -0.39 is 0 Å². The maximum atomic E-state index is 4.98. The molecule has 1 aromatic carbocycles. The van der Waals surface area contributed by atoms with Crippen molar-refractivity contribution in [2.45, 2.75) is 0 Å². The molecule has 0 fully saturated rings. The van der Waals surface area contributed by atoms with Gasteiger partial charge in [0.25, 0.3) is 0 Å². The van der Waals surface area contributed by atoms with Crippen LogP contribution in [0, 0.1) is 3.95 Å². The van der Waals surface area contributed by atoms with Gasteiger partial charge in [0.1, 0.15) is 0 Å². The summed E-state index contributed by atoms with van der Waals surface area (Å²) >= 11 is 6.59. The van der Waals surface area contributed by atoms with Crippen molar-refractivity contribution in [3.05, 3.63) is 28.2 Å². The fourth-order valence-electron chi connectivity index (χ4n) is 0.894. The van der Waals surface area contributed by atoms with Crippen LogP contribution in [0.3, 0.4) is 0 Å². The molecule has 1 heterocycles. The molecule has 0 saturated heterocycles. The van der Waals surface area contributed by atoms with Crippen LogP contribution >= 0.6 is 23.6 Å². The Labute approximate surface area is 97.2 Å². The van der Waals surface area contributed by atoms with Crippen molar-refractivity contribution < 1.29 is 31.0 Å². The first kappa shape index (κ1) is 9.42. The molecule has 1 N–H and O–H groups in total. The number of rotatable bonds is 0. The molecule has 0 unspecified atom stereocenters. The van der Waals surface area contributed by atoms with Crippen molar-refractivity contribution in [3.8, 4) is 0 Å². The fourth-order valence-corrected chi connectivity index (χ4v) is 2.01. The molecule has 0 aliphatic heterocycles. The number of aromatic nitrogens is 1. The zero-order valence-corrected chi connectivity index (χ0v) is 9.76. The monoisotopic (exact) mass is 191 g/mol. The Morgan fingerprint density at radius 2 is 2.09 bits per heavy atom. The van der Waals surface area contributed by atoms with Crippen molar-refractivity contribution in [1.29, 1.82) is 0 Å². The number of aromatic amines is 1. The van der Waals surface area contributed by atoms with Crippen molar-refractivity contribution in [1.82, 2.24) is 4.98 Å². The van der Waals surface area contributed by atoms with Gasteiger partial charge in [0.2, 0.25) is 0 Å². The van der Waals surface area contributed by atoms with Crippen LogP contribution in [0.1, 0.15) is 1.43 Å². The van der Waals surface area contributed by atoms with E-state index in [0.717, 1.165) is 9.47 Å². The van der Waals surface area contributed by atoms with Crippen LogP contribution in [-0.4, -0.2) is 4.98 Å². The van der Waals surface area contributed by atoms with E-state index in [2.05, 4.69) is 11.1 Å². The third kappa shape index (κ3) is 1.92. The van der Waals surface area contributed by atoms with E-state index in [4.69, 9.17) is 12.2 Å². The summed E-state index contributed by atoms with van der Waals surface area (Å²) in [5.41, 5.74) is 1.14. The smallest absolute Gasteiger partial charge is 1.00 e. The van der Waals surface area contributed by atoms with E-state index >= 15 is 0 Å². The molecular formula is C7H6NNaS2. The quantitative estimate of drug-likeness (QED) is 0.460. The summed E-state index contributed by atoms with van der Waals surface area (Å²) in [5, 5.41) is 0. The third-order valence-corrected chi connectivity index (χ3v) is 2.54. The van der Waals surface area contributed by atoms with E-state index in [0.29, 0.717) is 0 Å². The number of hydrogen-bond acceptors (Lipinski definition) is 2. The Balaban J connectivity index is 0.000000605. The summed E-state index contributed by atoms with van der Waals surface area (Å²) in [6, 6.07) is 8.11. The first-order valence-electron chi connectivity index (χ1n) is 2.94. The van der Waals surface area contributed by atoms with Gasteiger partial charge >= 0.3 is 29.6 Å². The van der Waals surface area contributed by atoms with Crippen LogP contribution in [0.4, 0.5) is 0 Å². The first-order valence-corrected chi connectivity index (χ1v) is 4.16. The van der Waals surface area contributed by atoms with Gasteiger partial charge in [-0.25, -0.2) is 0 Å². The second-order valence-electron chi connectivity index (χ2n) is 2.01. The van der Waals surface area contributed by atoms with Gasteiger partial charge in [-0.3, -0.25) is 0 Å². The number of nitrogens with one attached hydrogen (secondary N) is 1. The van der Waals surface area contributed by atoms with Crippen molar-refractivity contribution in [3.63, 3.8) is 0 Å². The molecule has 0 radical (unpaired) electrons. The van der Waals surface area contributed by atoms with Crippen LogP contribution in [0.25, 0.3) is 10.2 Å². The zero-order valence-electron chi connectivity index (χ0n) is 7.13. The molecule has 52 valence electrons. The molecule has 2 rings (SSSR count). The molecule has 0 atom stereocenters. The Bertz CT molecular complexity index is 373. The van der Waals surface area contributed by atoms with Gasteiger partial charge in [0, 0.05) is 0 Å². The molecule has 0 aliphatic carbocycles. The van der Waals surface area contributed by atoms with E-state index in [1.165, 1.54) is 4.70 Å². The molecule has 1 aromatic heterocycles. The first-order chi connectivity index (χ1) is 4.86. The molecular weight excluding hydrogens is 185 g/mol. The Morgan fingerprint density at radius 3 is 2.82 bits per heavy atom. The normalized spacial score (nSPS) is 9.45. The van der Waals surface area contributed by atoms with Gasteiger partial charge in [0.15, 0.2) is 3.95 Å². The maximum Gasteiger partial charge on any atom is 1.00 e. The number of thiazole rings is 1. The van der Waals surface area contributed by atoms with Crippen LogP contribution in [0.15, 0.2) is 24.3 Å². The summed E-state index contributed by atoms with van der Waals surface area (Å²) in [4.78, 5) is 3.09. The minimum absolute atomic E-state index is 0. The summed E-state index contributed by atoms with van der Waals surface area (Å²) in [6.45, 7) is 0. The molecule has 4 heteroatoms. The molecule has 0 saturated carbocycles. The summed E-state index contributed by atoms with van der Waals surface area (Å²) in [6.07, 6.45) is 0. The molecule has 0 amide bonds. The van der Waals surface area contributed by atoms with Crippen LogP contribution in [0.2, 0.25) is 0 Å². The number of hydrogen-bond donors (Lipinski definition) is 1. The fraction of sp³-hybridized carbons (Fsp3) is 0. The standard InChI is InChI=1S/C7H5NS2.Na.H/c9-7-8-5-3-1-2-4-6(5)10-7;;/h1-4H,(H,8,9);;/q;+1;-1. The van der Waals surface area contributed by atoms with Gasteiger partial charge in [-0.2, -0.15) is 0 Å². The van der Waals surface area contributed by atoms with E-state index in [9.17, 15) is 0 Å². The SMILES string of the molecule is S=c1[nH]c2ccccc2s1.[H-].[Na+]. The second kappa shape index (κ2) is 3.83. The van der Waals surface area contributed by atoms with Crippen LogP contribution < -0.4 is 29.6 Å². The van der Waals surface area contributed by atoms with Gasteiger partial charge in [0.05, 0.1) is 10.2 Å². The second-order valence-corrected chi connectivity index (χ2v) is 3.73. The summed E-state index contributed by atoms with van der Waals surface area (Å²) in [7, 11) is 0. The minimum atomic E-state index is 0. The van der Waals surface area contributed by atoms with E-state index in [-0.39, 0.29) is 31.0 Å². The zero-order chi connectivity index (χ0) is 6.97. The van der Waals surface area contributed by atoms with Crippen molar-refractivity contribution in [2.75, 3.05) is 0 Å². The summed E-state index contributed by atoms with van der Waals surface area (Å²) in [5.74, 6) is 0. The van der Waals surface area contributed by atoms with E-state index in [1.54, 1.807) is 11.3 Å². The number of para-hydroxylation sites is 1. The minimum Gasteiger partial charge on any atom is -1.00 e.